The van der Waals surface area contributed by atoms with E-state index in [0.29, 0.717) is 15.7 Å². The molecule has 1 saturated heterocycles. The van der Waals surface area contributed by atoms with Gasteiger partial charge in [0.15, 0.2) is 0 Å². The lowest BCUT2D eigenvalue weighted by Gasteiger charge is -2.36. The lowest BCUT2D eigenvalue weighted by Crippen LogP contribution is -2.52. The van der Waals surface area contributed by atoms with Crippen molar-refractivity contribution < 1.29 is 23.9 Å². The molecule has 1 N–H and O–H groups in total. The van der Waals surface area contributed by atoms with Gasteiger partial charge in [-0.3, -0.25) is 9.59 Å². The Kier molecular flexibility index (Phi) is 4.98. The number of halogens is 1. The molecular formula is C21H21BrN2O5. The Morgan fingerprint density at radius 1 is 1.17 bits per heavy atom. The van der Waals surface area contributed by atoms with Crippen LogP contribution in [-0.4, -0.2) is 48.0 Å². The van der Waals surface area contributed by atoms with Gasteiger partial charge in [-0.2, -0.15) is 0 Å². The van der Waals surface area contributed by atoms with Crippen LogP contribution >= 0.6 is 15.9 Å². The van der Waals surface area contributed by atoms with Gasteiger partial charge in [-0.25, -0.2) is 4.79 Å². The molecule has 1 fully saturated rings. The largest absolute Gasteiger partial charge is 0.466 e. The fourth-order valence-corrected chi connectivity index (χ4v) is 5.51. The van der Waals surface area contributed by atoms with Gasteiger partial charge >= 0.3 is 11.9 Å². The highest BCUT2D eigenvalue weighted by atomic mass is 79.9. The number of carbonyl (C=O) groups is 3. The van der Waals surface area contributed by atoms with Crippen molar-refractivity contribution in [1.29, 1.82) is 0 Å². The van der Waals surface area contributed by atoms with E-state index >= 15 is 0 Å². The van der Waals surface area contributed by atoms with Gasteiger partial charge in [0.25, 0.3) is 0 Å². The van der Waals surface area contributed by atoms with Gasteiger partial charge in [0, 0.05) is 16.4 Å². The number of fused-ring (bicyclic) bond motifs is 4. The molecule has 4 atom stereocenters. The first-order valence-corrected chi connectivity index (χ1v) is 10.3. The quantitative estimate of drug-likeness (QED) is 0.694. The van der Waals surface area contributed by atoms with Crippen molar-refractivity contribution >= 4 is 39.5 Å². The molecule has 152 valence electrons. The topological polar surface area (TPSA) is 84.9 Å². The van der Waals surface area contributed by atoms with Gasteiger partial charge in [0.05, 0.1) is 19.3 Å². The predicted octanol–water partition coefficient (Wildman–Crippen LogP) is 2.48. The number of para-hydroxylation sites is 1. The second-order valence-corrected chi connectivity index (χ2v) is 7.95. The molecule has 7 nitrogen and oxygen atoms in total. The standard InChI is InChI=1S/C21H21BrN2O5/c1-3-28-18(25)15-16(19(26)29-4-2)24-11-7-9-13(22)17(24)21(15)12-8-5-6-10-14(12)23-20(21)27/h5-11,15-17H,3-4H2,1-2H3,(H,23,27)/t15-,16-,17+,21+/m1/s1. The van der Waals surface area contributed by atoms with Crippen LogP contribution in [0.25, 0.3) is 0 Å². The summed E-state index contributed by atoms with van der Waals surface area (Å²) in [5.41, 5.74) is -0.0305. The number of nitrogens with zero attached hydrogens (tertiary/aromatic N) is 1. The number of hydrogen-bond donors (Lipinski definition) is 1. The molecule has 1 aromatic rings. The summed E-state index contributed by atoms with van der Waals surface area (Å²) in [4.78, 5) is 41.5. The Morgan fingerprint density at radius 2 is 1.86 bits per heavy atom. The SMILES string of the molecule is CCOC(=O)[C@H]1[C@H](C(=O)OCC)[C@]2(C(=O)Nc3ccccc32)[C@@H]2C(Br)=CC=CN21. The third-order valence-corrected chi connectivity index (χ3v) is 6.40. The number of esters is 2. The smallest absolute Gasteiger partial charge is 0.329 e. The number of nitrogens with one attached hydrogen (secondary N) is 1. The molecule has 3 heterocycles. The number of benzene rings is 1. The summed E-state index contributed by atoms with van der Waals surface area (Å²) in [7, 11) is 0. The van der Waals surface area contributed by atoms with Gasteiger partial charge in [0.2, 0.25) is 5.91 Å². The number of allylic oxidation sites excluding steroid dienone is 2. The molecule has 0 unspecified atom stereocenters. The molecule has 4 rings (SSSR count). The molecule has 1 amide bonds. The Morgan fingerprint density at radius 3 is 2.59 bits per heavy atom. The third kappa shape index (κ3) is 2.65. The van der Waals surface area contributed by atoms with E-state index in [4.69, 9.17) is 9.47 Å². The van der Waals surface area contributed by atoms with Gasteiger partial charge in [-0.15, -0.1) is 0 Å². The fourth-order valence-electron chi connectivity index (χ4n) is 4.76. The average molecular weight is 461 g/mol. The molecule has 1 aromatic carbocycles. The van der Waals surface area contributed by atoms with E-state index in [1.54, 1.807) is 37.1 Å². The second kappa shape index (κ2) is 7.33. The summed E-state index contributed by atoms with van der Waals surface area (Å²) in [6.07, 6.45) is 5.33. The molecule has 0 aromatic heterocycles. The molecule has 29 heavy (non-hydrogen) atoms. The Hall–Kier alpha value is -2.61. The molecule has 8 heteroatoms. The van der Waals surface area contributed by atoms with Crippen molar-refractivity contribution in [3.05, 3.63) is 52.7 Å². The van der Waals surface area contributed by atoms with E-state index in [2.05, 4.69) is 21.2 Å². The zero-order valence-electron chi connectivity index (χ0n) is 16.1. The maximum absolute atomic E-state index is 13.5. The van der Waals surface area contributed by atoms with Crippen LogP contribution in [0.5, 0.6) is 0 Å². The zero-order valence-corrected chi connectivity index (χ0v) is 17.6. The van der Waals surface area contributed by atoms with Crippen LogP contribution in [-0.2, 0) is 29.3 Å². The van der Waals surface area contributed by atoms with E-state index in [1.165, 1.54) is 0 Å². The van der Waals surface area contributed by atoms with Crippen molar-refractivity contribution in [3.63, 3.8) is 0 Å². The van der Waals surface area contributed by atoms with Gasteiger partial charge in [0.1, 0.15) is 17.4 Å². The Labute approximate surface area is 176 Å². The monoisotopic (exact) mass is 460 g/mol. The third-order valence-electron chi connectivity index (χ3n) is 5.70. The van der Waals surface area contributed by atoms with E-state index < -0.39 is 35.4 Å². The first-order valence-electron chi connectivity index (χ1n) is 9.54. The summed E-state index contributed by atoms with van der Waals surface area (Å²) < 4.78 is 11.4. The highest BCUT2D eigenvalue weighted by Crippen LogP contribution is 2.57. The van der Waals surface area contributed by atoms with Gasteiger partial charge in [-0.05, 0) is 37.6 Å². The highest BCUT2D eigenvalue weighted by molar-refractivity contribution is 9.11. The summed E-state index contributed by atoms with van der Waals surface area (Å²) in [6, 6.07) is 5.68. The average Bonchev–Trinajstić information content (AvgIpc) is 3.17. The molecule has 1 spiro atoms. The lowest BCUT2D eigenvalue weighted by atomic mass is 9.67. The minimum atomic E-state index is -1.33. The lowest BCUT2D eigenvalue weighted by molar-refractivity contribution is -0.160. The normalized spacial score (nSPS) is 29.2. The van der Waals surface area contributed by atoms with Crippen LogP contribution in [0.4, 0.5) is 5.69 Å². The molecule has 0 radical (unpaired) electrons. The van der Waals surface area contributed by atoms with Crippen LogP contribution in [0, 0.1) is 5.92 Å². The summed E-state index contributed by atoms with van der Waals surface area (Å²) in [6.45, 7) is 3.71. The van der Waals surface area contributed by atoms with Crippen LogP contribution in [0.2, 0.25) is 0 Å². The fraction of sp³-hybridized carbons (Fsp3) is 0.381. The van der Waals surface area contributed by atoms with Crippen molar-refractivity contribution in [2.75, 3.05) is 18.5 Å². The molecule has 3 aliphatic heterocycles. The summed E-state index contributed by atoms with van der Waals surface area (Å²) in [5, 5.41) is 2.90. The molecule has 3 aliphatic rings. The van der Waals surface area contributed by atoms with E-state index in [9.17, 15) is 14.4 Å². The van der Waals surface area contributed by atoms with Crippen molar-refractivity contribution in [3.8, 4) is 0 Å². The van der Waals surface area contributed by atoms with Crippen LogP contribution in [0.1, 0.15) is 19.4 Å². The maximum Gasteiger partial charge on any atom is 0.329 e. The van der Waals surface area contributed by atoms with Crippen LogP contribution in [0.3, 0.4) is 0 Å². The molecule has 0 saturated carbocycles. The van der Waals surface area contributed by atoms with E-state index in [0.717, 1.165) is 0 Å². The summed E-state index contributed by atoms with van der Waals surface area (Å²) in [5.74, 6) is -2.56. The number of hydrogen-bond acceptors (Lipinski definition) is 6. The number of carbonyl (C=O) groups excluding carboxylic acids is 3. The van der Waals surface area contributed by atoms with E-state index in [1.807, 2.05) is 24.3 Å². The number of amides is 1. The second-order valence-electron chi connectivity index (χ2n) is 7.04. The molecule has 0 aliphatic carbocycles. The zero-order chi connectivity index (χ0) is 20.8. The number of anilines is 1. The maximum atomic E-state index is 13.5. The minimum absolute atomic E-state index is 0.141. The first kappa shape index (κ1) is 19.7. The van der Waals surface area contributed by atoms with Gasteiger partial charge in [-0.1, -0.05) is 34.1 Å². The van der Waals surface area contributed by atoms with E-state index in [-0.39, 0.29) is 19.1 Å². The summed E-state index contributed by atoms with van der Waals surface area (Å²) >= 11 is 3.57. The Bertz CT molecular complexity index is 943. The number of ether oxygens (including phenoxy) is 2. The van der Waals surface area contributed by atoms with Crippen LogP contribution in [0.15, 0.2) is 47.1 Å². The van der Waals surface area contributed by atoms with Crippen molar-refractivity contribution in [1.82, 2.24) is 4.90 Å². The first-order chi connectivity index (χ1) is 14.0. The molecular weight excluding hydrogens is 440 g/mol. The number of rotatable bonds is 4. The highest BCUT2D eigenvalue weighted by Gasteiger charge is 2.71. The Balaban J connectivity index is 2.00. The minimum Gasteiger partial charge on any atom is -0.466 e. The molecule has 0 bridgehead atoms. The predicted molar refractivity (Wildman–Crippen MR) is 109 cm³/mol. The van der Waals surface area contributed by atoms with Crippen molar-refractivity contribution in [2.24, 2.45) is 5.92 Å². The van der Waals surface area contributed by atoms with Crippen LogP contribution < -0.4 is 5.32 Å². The van der Waals surface area contributed by atoms with Crippen molar-refractivity contribution in [2.45, 2.75) is 31.3 Å². The van der Waals surface area contributed by atoms with Gasteiger partial charge < -0.3 is 19.7 Å².